The van der Waals surface area contributed by atoms with Crippen LogP contribution in [-0.2, 0) is 11.3 Å². The molecule has 0 aliphatic carbocycles. The third-order valence-corrected chi connectivity index (χ3v) is 4.36. The molecule has 3 aromatic rings. The highest BCUT2D eigenvalue weighted by Crippen LogP contribution is 2.28. The van der Waals surface area contributed by atoms with Gasteiger partial charge in [0.1, 0.15) is 5.75 Å². The number of hydrogen-bond donors (Lipinski definition) is 1. The Morgan fingerprint density at radius 3 is 2.72 bits per heavy atom. The summed E-state index contributed by atoms with van der Waals surface area (Å²) in [7, 11) is 1.76. The molecule has 0 aliphatic heterocycles. The molecule has 0 spiro atoms. The zero-order valence-electron chi connectivity index (χ0n) is 13.9. The Bertz CT molecular complexity index is 835. The van der Waals surface area contributed by atoms with E-state index >= 15 is 0 Å². The topological polar surface area (TPSA) is 68.5 Å². The second-order valence-electron chi connectivity index (χ2n) is 5.65. The van der Waals surface area contributed by atoms with E-state index in [0.29, 0.717) is 18.0 Å². The molecule has 2 aromatic carbocycles. The molecule has 1 aromatic heterocycles. The number of likely N-dealkylation sites (N-methyl/N-ethyl adjacent to an activating group) is 1. The third-order valence-electron chi connectivity index (χ3n) is 3.78. The van der Waals surface area contributed by atoms with E-state index in [1.807, 2.05) is 47.8 Å². The normalized spacial score (nSPS) is 10.4. The van der Waals surface area contributed by atoms with Crippen LogP contribution < -0.4 is 10.5 Å². The largest absolute Gasteiger partial charge is 0.482 e. The highest BCUT2D eigenvalue weighted by atomic mass is 32.1. The molecule has 0 bridgehead atoms. The van der Waals surface area contributed by atoms with E-state index in [1.165, 1.54) is 11.3 Å². The van der Waals surface area contributed by atoms with Gasteiger partial charge in [-0.15, -0.1) is 11.3 Å². The molecule has 3 rings (SSSR count). The highest BCUT2D eigenvalue weighted by Gasteiger charge is 2.12. The molecule has 0 atom stereocenters. The molecular formula is C19H19N3O2S. The first kappa shape index (κ1) is 17.0. The molecule has 1 heterocycles. The van der Waals surface area contributed by atoms with Crippen molar-refractivity contribution < 1.29 is 9.53 Å². The fraction of sp³-hybridized carbons (Fsp3) is 0.158. The number of anilines is 1. The summed E-state index contributed by atoms with van der Waals surface area (Å²) < 4.78 is 5.60. The summed E-state index contributed by atoms with van der Waals surface area (Å²) in [4.78, 5) is 18.1. The Hall–Kier alpha value is -2.86. The van der Waals surface area contributed by atoms with Crippen LogP contribution in [-0.4, -0.2) is 29.4 Å². The number of nitrogen functional groups attached to an aromatic ring is 1. The fourth-order valence-electron chi connectivity index (χ4n) is 2.39. The maximum atomic E-state index is 12.2. The van der Waals surface area contributed by atoms with Gasteiger partial charge in [-0.25, -0.2) is 4.98 Å². The summed E-state index contributed by atoms with van der Waals surface area (Å²) in [5.41, 5.74) is 11.2. The van der Waals surface area contributed by atoms with Crippen LogP contribution in [0.4, 0.5) is 5.69 Å². The molecule has 0 fully saturated rings. The first-order chi connectivity index (χ1) is 12.1. The van der Waals surface area contributed by atoms with E-state index in [2.05, 4.69) is 4.98 Å². The SMILES string of the molecule is CN(Cc1ccccc1)C(=O)COc1ccc(-c2cscn2)cc1N. The van der Waals surface area contributed by atoms with Crippen molar-refractivity contribution in [2.24, 2.45) is 0 Å². The summed E-state index contributed by atoms with van der Waals surface area (Å²) in [5, 5.41) is 1.96. The molecule has 6 heteroatoms. The van der Waals surface area contributed by atoms with Crippen molar-refractivity contribution in [3.63, 3.8) is 0 Å². The Labute approximate surface area is 150 Å². The Morgan fingerprint density at radius 2 is 2.04 bits per heavy atom. The van der Waals surface area contributed by atoms with Gasteiger partial charge in [-0.2, -0.15) is 0 Å². The summed E-state index contributed by atoms with van der Waals surface area (Å²) in [6.07, 6.45) is 0. The lowest BCUT2D eigenvalue weighted by atomic mass is 10.1. The van der Waals surface area contributed by atoms with Gasteiger partial charge in [0.05, 0.1) is 16.9 Å². The fourth-order valence-corrected chi connectivity index (χ4v) is 2.95. The van der Waals surface area contributed by atoms with Crippen LogP contribution in [0.25, 0.3) is 11.3 Å². The van der Waals surface area contributed by atoms with Crippen molar-refractivity contribution in [2.75, 3.05) is 19.4 Å². The van der Waals surface area contributed by atoms with Crippen molar-refractivity contribution in [3.8, 4) is 17.0 Å². The monoisotopic (exact) mass is 353 g/mol. The van der Waals surface area contributed by atoms with E-state index < -0.39 is 0 Å². The van der Waals surface area contributed by atoms with Crippen molar-refractivity contribution in [2.45, 2.75) is 6.54 Å². The van der Waals surface area contributed by atoms with Crippen LogP contribution in [0.1, 0.15) is 5.56 Å². The van der Waals surface area contributed by atoms with Gasteiger partial charge in [0.2, 0.25) is 0 Å². The summed E-state index contributed by atoms with van der Waals surface area (Å²) >= 11 is 1.53. The zero-order chi connectivity index (χ0) is 17.6. The minimum Gasteiger partial charge on any atom is -0.482 e. The van der Waals surface area contributed by atoms with Crippen LogP contribution in [0, 0.1) is 0 Å². The molecule has 25 heavy (non-hydrogen) atoms. The van der Waals surface area contributed by atoms with Gasteiger partial charge in [0.25, 0.3) is 5.91 Å². The molecule has 0 aliphatic rings. The van der Waals surface area contributed by atoms with Gasteiger partial charge in [-0.3, -0.25) is 4.79 Å². The van der Waals surface area contributed by atoms with Gasteiger partial charge in [-0.1, -0.05) is 30.3 Å². The van der Waals surface area contributed by atoms with Gasteiger partial charge < -0.3 is 15.4 Å². The Balaban J connectivity index is 1.58. The number of ether oxygens (including phenoxy) is 1. The zero-order valence-corrected chi connectivity index (χ0v) is 14.7. The number of carbonyl (C=O) groups excluding carboxylic acids is 1. The average Bonchev–Trinajstić information content (AvgIpc) is 3.16. The lowest BCUT2D eigenvalue weighted by molar-refractivity contribution is -0.132. The number of benzene rings is 2. The third kappa shape index (κ3) is 4.36. The minimum absolute atomic E-state index is 0.0520. The Kier molecular flexibility index (Phi) is 5.30. The van der Waals surface area contributed by atoms with E-state index in [4.69, 9.17) is 10.5 Å². The maximum Gasteiger partial charge on any atom is 0.260 e. The summed E-state index contributed by atoms with van der Waals surface area (Å²) in [6.45, 7) is 0.491. The van der Waals surface area contributed by atoms with E-state index in [1.54, 1.807) is 23.5 Å². The van der Waals surface area contributed by atoms with Crippen LogP contribution in [0.2, 0.25) is 0 Å². The van der Waals surface area contributed by atoms with E-state index in [9.17, 15) is 4.79 Å². The predicted octanol–water partition coefficient (Wildman–Crippen LogP) is 3.43. The first-order valence-electron chi connectivity index (χ1n) is 7.82. The van der Waals surface area contributed by atoms with E-state index in [-0.39, 0.29) is 12.5 Å². The molecule has 128 valence electrons. The number of aromatic nitrogens is 1. The number of nitrogens with two attached hydrogens (primary N) is 1. The highest BCUT2D eigenvalue weighted by molar-refractivity contribution is 7.07. The molecule has 0 saturated heterocycles. The second kappa shape index (κ2) is 7.81. The molecule has 5 nitrogen and oxygen atoms in total. The number of amides is 1. The lowest BCUT2D eigenvalue weighted by Gasteiger charge is -2.18. The molecule has 0 radical (unpaired) electrons. The lowest BCUT2D eigenvalue weighted by Crippen LogP contribution is -2.31. The van der Waals surface area contributed by atoms with Gasteiger partial charge in [-0.05, 0) is 23.8 Å². The maximum absolute atomic E-state index is 12.2. The Morgan fingerprint density at radius 1 is 1.24 bits per heavy atom. The second-order valence-corrected chi connectivity index (χ2v) is 6.37. The van der Waals surface area contributed by atoms with Gasteiger partial charge >= 0.3 is 0 Å². The number of rotatable bonds is 6. The van der Waals surface area contributed by atoms with Crippen LogP contribution in [0.15, 0.2) is 59.4 Å². The van der Waals surface area contributed by atoms with Crippen molar-refractivity contribution >= 4 is 22.9 Å². The molecule has 1 amide bonds. The molecular weight excluding hydrogens is 334 g/mol. The van der Waals surface area contributed by atoms with Gasteiger partial charge in [0, 0.05) is 24.5 Å². The predicted molar refractivity (Wildman–Crippen MR) is 100 cm³/mol. The standard InChI is InChI=1S/C19H19N3O2S/c1-22(10-14-5-3-2-4-6-14)19(23)11-24-18-8-7-15(9-16(18)20)17-12-25-13-21-17/h2-9,12-13H,10-11,20H2,1H3. The summed E-state index contributed by atoms with van der Waals surface area (Å²) in [5.74, 6) is 0.396. The van der Waals surface area contributed by atoms with Crippen LogP contribution in [0.3, 0.4) is 0 Å². The molecule has 0 saturated carbocycles. The molecule has 0 unspecified atom stereocenters. The van der Waals surface area contributed by atoms with Gasteiger partial charge in [0.15, 0.2) is 6.61 Å². The number of nitrogens with zero attached hydrogens (tertiary/aromatic N) is 2. The minimum atomic E-state index is -0.105. The summed E-state index contributed by atoms with van der Waals surface area (Å²) in [6, 6.07) is 15.3. The van der Waals surface area contributed by atoms with Crippen LogP contribution >= 0.6 is 11.3 Å². The molecule has 2 N–H and O–H groups in total. The quantitative estimate of drug-likeness (QED) is 0.690. The number of thiazole rings is 1. The smallest absolute Gasteiger partial charge is 0.260 e. The number of hydrogen-bond acceptors (Lipinski definition) is 5. The first-order valence-corrected chi connectivity index (χ1v) is 8.76. The van der Waals surface area contributed by atoms with Crippen molar-refractivity contribution in [1.82, 2.24) is 9.88 Å². The van der Waals surface area contributed by atoms with Crippen LogP contribution in [0.5, 0.6) is 5.75 Å². The van der Waals surface area contributed by atoms with E-state index in [0.717, 1.165) is 16.8 Å². The van der Waals surface area contributed by atoms with Crippen molar-refractivity contribution in [1.29, 1.82) is 0 Å². The number of carbonyl (C=O) groups is 1. The average molecular weight is 353 g/mol. The van der Waals surface area contributed by atoms with Crippen molar-refractivity contribution in [3.05, 3.63) is 65.0 Å².